The molecule has 1 heterocycles. The van der Waals surface area contributed by atoms with Gasteiger partial charge in [0.25, 0.3) is 0 Å². The average Bonchev–Trinajstić information content (AvgIpc) is 2.67. The van der Waals surface area contributed by atoms with Gasteiger partial charge in [-0.15, -0.1) is 0 Å². The van der Waals surface area contributed by atoms with E-state index in [1.54, 1.807) is 16.4 Å². The summed E-state index contributed by atoms with van der Waals surface area (Å²) in [6.07, 6.45) is 10.0. The second-order valence-electron chi connectivity index (χ2n) is 10.7. The van der Waals surface area contributed by atoms with Crippen molar-refractivity contribution in [2.75, 3.05) is 13.1 Å². The molecule has 4 aliphatic carbocycles. The highest BCUT2D eigenvalue weighted by Gasteiger charge is 2.51. The lowest BCUT2D eigenvalue weighted by Crippen LogP contribution is -2.50. The lowest BCUT2D eigenvalue weighted by molar-refractivity contribution is -0.130. The summed E-state index contributed by atoms with van der Waals surface area (Å²) in [4.78, 5) is 13.2. The molecular formula is C24H34N2O3S. The summed E-state index contributed by atoms with van der Waals surface area (Å²) < 4.78 is 27.3. The first-order valence-corrected chi connectivity index (χ1v) is 13.1. The topological polar surface area (TPSA) is 66.5 Å². The molecule has 0 atom stereocenters. The van der Waals surface area contributed by atoms with E-state index in [0.717, 1.165) is 23.3 Å². The highest BCUT2D eigenvalue weighted by Crippen LogP contribution is 2.61. The number of benzene rings is 1. The molecular weight excluding hydrogens is 396 g/mol. The summed E-state index contributed by atoms with van der Waals surface area (Å²) in [5, 5.41) is 3.25. The molecule has 1 aromatic carbocycles. The van der Waals surface area contributed by atoms with Crippen LogP contribution in [0.25, 0.3) is 0 Å². The third-order valence-electron chi connectivity index (χ3n) is 8.18. The van der Waals surface area contributed by atoms with Gasteiger partial charge in [0.05, 0.1) is 4.90 Å². The van der Waals surface area contributed by atoms with Crippen molar-refractivity contribution < 1.29 is 13.2 Å². The van der Waals surface area contributed by atoms with Crippen LogP contribution in [0.3, 0.4) is 0 Å². The molecule has 1 aromatic rings. The van der Waals surface area contributed by atoms with E-state index >= 15 is 0 Å². The zero-order chi connectivity index (χ0) is 20.9. The summed E-state index contributed by atoms with van der Waals surface area (Å²) in [6, 6.07) is 7.14. The van der Waals surface area contributed by atoms with Crippen LogP contribution in [0.5, 0.6) is 0 Å². The minimum atomic E-state index is -3.45. The predicted molar refractivity (Wildman–Crippen MR) is 116 cm³/mol. The molecule has 0 unspecified atom stereocenters. The Kier molecular flexibility index (Phi) is 5.21. The van der Waals surface area contributed by atoms with Crippen molar-refractivity contribution in [3.8, 4) is 0 Å². The number of hydrogen-bond donors (Lipinski definition) is 1. The SMILES string of the molecule is Cc1ccc(S(=O)(=O)N2CCC(NC(=O)CC34CC5CC(CC(C5)C3)C4)CC2)cc1. The Hall–Kier alpha value is -1.40. The number of piperidine rings is 1. The Morgan fingerprint density at radius 2 is 1.53 bits per heavy atom. The van der Waals surface area contributed by atoms with Gasteiger partial charge in [0.1, 0.15) is 0 Å². The third-order valence-corrected chi connectivity index (χ3v) is 10.1. The van der Waals surface area contributed by atoms with Crippen LogP contribution in [0.4, 0.5) is 0 Å². The summed E-state index contributed by atoms with van der Waals surface area (Å²) in [7, 11) is -3.45. The Morgan fingerprint density at radius 1 is 1.00 bits per heavy atom. The Morgan fingerprint density at radius 3 is 2.07 bits per heavy atom. The standard InChI is InChI=1S/C24H34N2O3S/c1-17-2-4-22(5-3-17)30(28,29)26-8-6-21(7-9-26)25-23(27)16-24-13-18-10-19(14-24)12-20(11-18)15-24/h2-5,18-21H,6-16H2,1H3,(H,25,27). The Bertz CT molecular complexity index is 866. The largest absolute Gasteiger partial charge is 0.353 e. The molecule has 0 radical (unpaired) electrons. The Balaban J connectivity index is 1.15. The van der Waals surface area contributed by atoms with Gasteiger partial charge >= 0.3 is 0 Å². The van der Waals surface area contributed by atoms with Gasteiger partial charge in [-0.1, -0.05) is 17.7 Å². The van der Waals surface area contributed by atoms with E-state index in [1.807, 2.05) is 19.1 Å². The number of sulfonamides is 1. The molecule has 5 aliphatic rings. The first-order chi connectivity index (χ1) is 14.3. The fraction of sp³-hybridized carbons (Fsp3) is 0.708. The summed E-state index contributed by atoms with van der Waals surface area (Å²) in [5.74, 6) is 2.77. The molecule has 1 N–H and O–H groups in total. The molecule has 4 saturated carbocycles. The van der Waals surface area contributed by atoms with E-state index in [2.05, 4.69) is 5.32 Å². The van der Waals surface area contributed by atoms with Crippen molar-refractivity contribution in [1.29, 1.82) is 0 Å². The van der Waals surface area contributed by atoms with Gasteiger partial charge in [-0.2, -0.15) is 4.31 Å². The summed E-state index contributed by atoms with van der Waals surface area (Å²) in [5.41, 5.74) is 1.31. The van der Waals surface area contributed by atoms with Crippen molar-refractivity contribution in [1.82, 2.24) is 9.62 Å². The molecule has 5 fully saturated rings. The molecule has 6 heteroatoms. The van der Waals surface area contributed by atoms with Crippen molar-refractivity contribution in [3.63, 3.8) is 0 Å². The van der Waals surface area contributed by atoms with E-state index in [4.69, 9.17) is 0 Å². The van der Waals surface area contributed by atoms with Crippen molar-refractivity contribution in [2.45, 2.75) is 75.6 Å². The fourth-order valence-electron chi connectivity index (χ4n) is 7.23. The number of rotatable bonds is 5. The first-order valence-electron chi connectivity index (χ1n) is 11.7. The number of aryl methyl sites for hydroxylation is 1. The van der Waals surface area contributed by atoms with Gasteiger partial charge in [0.2, 0.25) is 15.9 Å². The zero-order valence-electron chi connectivity index (χ0n) is 18.0. The number of nitrogens with zero attached hydrogens (tertiary/aromatic N) is 1. The highest BCUT2D eigenvalue weighted by atomic mass is 32.2. The van der Waals surface area contributed by atoms with E-state index in [0.29, 0.717) is 37.2 Å². The highest BCUT2D eigenvalue weighted by molar-refractivity contribution is 7.89. The van der Waals surface area contributed by atoms with Crippen LogP contribution in [0.15, 0.2) is 29.2 Å². The number of hydrogen-bond acceptors (Lipinski definition) is 3. The molecule has 0 spiro atoms. The van der Waals surface area contributed by atoms with Crippen molar-refractivity contribution in [2.24, 2.45) is 23.2 Å². The van der Waals surface area contributed by atoms with Crippen molar-refractivity contribution in [3.05, 3.63) is 29.8 Å². The summed E-state index contributed by atoms with van der Waals surface area (Å²) in [6.45, 7) is 2.89. The minimum Gasteiger partial charge on any atom is -0.353 e. The van der Waals surface area contributed by atoms with Gasteiger partial charge in [-0.05, 0) is 93.6 Å². The lowest BCUT2D eigenvalue weighted by atomic mass is 9.49. The number of carbonyl (C=O) groups excluding carboxylic acids is 1. The van der Waals surface area contributed by atoms with Crippen LogP contribution in [0.2, 0.25) is 0 Å². The number of amides is 1. The van der Waals surface area contributed by atoms with Crippen LogP contribution in [-0.2, 0) is 14.8 Å². The second-order valence-corrected chi connectivity index (χ2v) is 12.6. The average molecular weight is 431 g/mol. The molecule has 0 aromatic heterocycles. The Labute approximate surface area is 180 Å². The van der Waals surface area contributed by atoms with Crippen molar-refractivity contribution >= 4 is 15.9 Å². The van der Waals surface area contributed by atoms with Crippen LogP contribution < -0.4 is 5.32 Å². The fourth-order valence-corrected chi connectivity index (χ4v) is 8.70. The molecule has 6 rings (SSSR count). The van der Waals surface area contributed by atoms with Gasteiger partial charge in [-0.3, -0.25) is 4.79 Å². The maximum Gasteiger partial charge on any atom is 0.243 e. The monoisotopic (exact) mass is 430 g/mol. The quantitative estimate of drug-likeness (QED) is 0.771. The number of nitrogens with one attached hydrogen (secondary N) is 1. The van der Waals surface area contributed by atoms with E-state index in [9.17, 15) is 13.2 Å². The second kappa shape index (κ2) is 7.63. The van der Waals surface area contributed by atoms with Crippen LogP contribution in [-0.4, -0.2) is 37.8 Å². The van der Waals surface area contributed by atoms with Gasteiger partial charge in [0, 0.05) is 25.6 Å². The minimum absolute atomic E-state index is 0.0934. The van der Waals surface area contributed by atoms with Gasteiger partial charge < -0.3 is 5.32 Å². The van der Waals surface area contributed by atoms with E-state index < -0.39 is 10.0 Å². The molecule has 1 amide bonds. The molecule has 1 saturated heterocycles. The maximum absolute atomic E-state index is 12.9. The summed E-state index contributed by atoms with van der Waals surface area (Å²) >= 11 is 0. The molecule has 1 aliphatic heterocycles. The van der Waals surface area contributed by atoms with E-state index in [-0.39, 0.29) is 17.4 Å². The smallest absolute Gasteiger partial charge is 0.243 e. The maximum atomic E-state index is 12.9. The molecule has 30 heavy (non-hydrogen) atoms. The van der Waals surface area contributed by atoms with Crippen LogP contribution in [0.1, 0.15) is 63.4 Å². The predicted octanol–water partition coefficient (Wildman–Crippen LogP) is 3.87. The van der Waals surface area contributed by atoms with E-state index in [1.165, 1.54) is 38.5 Å². The van der Waals surface area contributed by atoms with Crippen LogP contribution in [0, 0.1) is 30.1 Å². The molecule has 4 bridgehead atoms. The molecule has 164 valence electrons. The molecule has 5 nitrogen and oxygen atoms in total. The third kappa shape index (κ3) is 3.93. The zero-order valence-corrected chi connectivity index (χ0v) is 18.8. The lowest BCUT2D eigenvalue weighted by Gasteiger charge is -2.56. The van der Waals surface area contributed by atoms with Gasteiger partial charge in [-0.25, -0.2) is 8.42 Å². The van der Waals surface area contributed by atoms with Crippen LogP contribution >= 0.6 is 0 Å². The van der Waals surface area contributed by atoms with Gasteiger partial charge in [0.15, 0.2) is 0 Å². The number of carbonyl (C=O) groups is 1. The first kappa shape index (κ1) is 20.5. The normalized spacial score (nSPS) is 34.2.